The minimum atomic E-state index is -3.69. The van der Waals surface area contributed by atoms with Crippen LogP contribution >= 0.6 is 11.3 Å². The lowest BCUT2D eigenvalue weighted by Gasteiger charge is -2.21. The molecular weight excluding hydrogens is 475 g/mol. The van der Waals surface area contributed by atoms with E-state index in [9.17, 15) is 17.6 Å². The Bertz CT molecular complexity index is 1470. The Balaban J connectivity index is 1.31. The van der Waals surface area contributed by atoms with Gasteiger partial charge in [0, 0.05) is 24.5 Å². The summed E-state index contributed by atoms with van der Waals surface area (Å²) in [4.78, 5) is 24.1. The van der Waals surface area contributed by atoms with Gasteiger partial charge in [-0.2, -0.15) is 4.31 Å². The molecule has 0 radical (unpaired) electrons. The molecule has 7 nitrogen and oxygen atoms in total. The van der Waals surface area contributed by atoms with Crippen LogP contribution in [0.25, 0.3) is 20.7 Å². The topological polar surface area (TPSA) is 86.4 Å². The number of hydrogen-bond donors (Lipinski definition) is 1. The fourth-order valence-electron chi connectivity index (χ4n) is 4.11. The molecule has 1 saturated heterocycles. The Morgan fingerprint density at radius 2 is 1.76 bits per heavy atom. The van der Waals surface area contributed by atoms with Crippen LogP contribution in [0.5, 0.6) is 0 Å². The molecule has 0 unspecified atom stereocenters. The molecule has 176 valence electrons. The summed E-state index contributed by atoms with van der Waals surface area (Å²) >= 11 is 1.48. The molecule has 1 aliphatic rings. The van der Waals surface area contributed by atoms with Crippen molar-refractivity contribution in [1.82, 2.24) is 19.2 Å². The summed E-state index contributed by atoms with van der Waals surface area (Å²) < 4.78 is 40.6. The molecule has 3 heterocycles. The summed E-state index contributed by atoms with van der Waals surface area (Å²) in [6, 6.07) is 16.6. The summed E-state index contributed by atoms with van der Waals surface area (Å²) in [5.74, 6) is 0.0925. The molecule has 5 rings (SSSR count). The minimum Gasteiger partial charge on any atom is -0.309 e. The normalized spacial score (nSPS) is 16.0. The third kappa shape index (κ3) is 4.67. The Morgan fingerprint density at radius 1 is 1.00 bits per heavy atom. The van der Waals surface area contributed by atoms with Gasteiger partial charge in [-0.05, 0) is 48.9 Å². The number of hydrogen-bond acceptors (Lipinski definition) is 6. The molecular formula is C24H23FN4O3S2. The summed E-state index contributed by atoms with van der Waals surface area (Å²) in [5.41, 5.74) is 0.871. The van der Waals surface area contributed by atoms with E-state index in [2.05, 4.69) is 14.9 Å². The summed E-state index contributed by atoms with van der Waals surface area (Å²) in [6.07, 6.45) is 0.643. The second-order valence-electron chi connectivity index (χ2n) is 8.20. The Hall–Kier alpha value is -2.92. The highest BCUT2D eigenvalue weighted by molar-refractivity contribution is 7.89. The van der Waals surface area contributed by atoms with Gasteiger partial charge in [-0.15, -0.1) is 11.3 Å². The van der Waals surface area contributed by atoms with Gasteiger partial charge in [0.1, 0.15) is 16.5 Å². The van der Waals surface area contributed by atoms with Gasteiger partial charge in [-0.1, -0.05) is 30.3 Å². The van der Waals surface area contributed by atoms with Gasteiger partial charge < -0.3 is 4.98 Å². The fraction of sp³-hybridized carbons (Fsp3) is 0.250. The summed E-state index contributed by atoms with van der Waals surface area (Å²) in [7, 11) is -3.69. The Kier molecular flexibility index (Phi) is 6.30. The lowest BCUT2D eigenvalue weighted by molar-refractivity contribution is 0.272. The summed E-state index contributed by atoms with van der Waals surface area (Å²) in [6.45, 7) is 2.29. The maximum atomic E-state index is 13.2. The molecule has 1 N–H and O–H groups in total. The van der Waals surface area contributed by atoms with Gasteiger partial charge in [-0.25, -0.2) is 17.8 Å². The quantitative estimate of drug-likeness (QED) is 0.454. The maximum Gasteiger partial charge on any atom is 0.259 e. The first-order valence-corrected chi connectivity index (χ1v) is 13.2. The summed E-state index contributed by atoms with van der Waals surface area (Å²) in [5, 5.41) is 0.569. The van der Waals surface area contributed by atoms with E-state index >= 15 is 0 Å². The first-order chi connectivity index (χ1) is 16.4. The van der Waals surface area contributed by atoms with Crippen LogP contribution in [0.15, 0.2) is 70.4 Å². The van der Waals surface area contributed by atoms with E-state index in [1.807, 2.05) is 36.4 Å². The molecule has 0 aliphatic carbocycles. The lowest BCUT2D eigenvalue weighted by atomic mass is 10.2. The van der Waals surface area contributed by atoms with E-state index in [1.54, 1.807) is 0 Å². The number of thiophene rings is 1. The highest BCUT2D eigenvalue weighted by Crippen LogP contribution is 2.30. The van der Waals surface area contributed by atoms with Crippen LogP contribution < -0.4 is 5.56 Å². The van der Waals surface area contributed by atoms with Crippen molar-refractivity contribution in [3.63, 3.8) is 0 Å². The number of H-pyrrole nitrogens is 1. The van der Waals surface area contributed by atoms with Crippen LogP contribution in [0.1, 0.15) is 12.2 Å². The van der Waals surface area contributed by atoms with Crippen LogP contribution in [-0.4, -0.2) is 53.8 Å². The zero-order valence-corrected chi connectivity index (χ0v) is 19.9. The molecule has 34 heavy (non-hydrogen) atoms. The number of sulfonamides is 1. The predicted octanol–water partition coefficient (Wildman–Crippen LogP) is 3.69. The first kappa shape index (κ1) is 22.9. The number of aromatic amines is 1. The van der Waals surface area contributed by atoms with Crippen molar-refractivity contribution in [3.05, 3.63) is 82.7 Å². The molecule has 0 amide bonds. The van der Waals surface area contributed by atoms with Crippen molar-refractivity contribution in [3.8, 4) is 10.4 Å². The van der Waals surface area contributed by atoms with E-state index < -0.39 is 15.8 Å². The largest absolute Gasteiger partial charge is 0.309 e. The smallest absolute Gasteiger partial charge is 0.259 e. The molecule has 0 atom stereocenters. The van der Waals surface area contributed by atoms with E-state index in [0.29, 0.717) is 55.2 Å². The van der Waals surface area contributed by atoms with E-state index in [0.717, 1.165) is 22.6 Å². The molecule has 0 bridgehead atoms. The van der Waals surface area contributed by atoms with Crippen molar-refractivity contribution >= 4 is 31.6 Å². The van der Waals surface area contributed by atoms with Crippen LogP contribution in [0, 0.1) is 5.82 Å². The number of nitrogens with one attached hydrogen (secondary N) is 1. The molecule has 1 aliphatic heterocycles. The van der Waals surface area contributed by atoms with Crippen molar-refractivity contribution in [2.24, 2.45) is 0 Å². The SMILES string of the molecule is O=c1[nH]c(CN2CCCN(S(=O)(=O)c3ccc(F)cc3)CC2)nc2sc(-c3ccccc3)cc12. The number of rotatable bonds is 5. The van der Waals surface area contributed by atoms with E-state index in [1.165, 1.54) is 27.8 Å². The zero-order valence-electron chi connectivity index (χ0n) is 18.3. The fourth-order valence-corrected chi connectivity index (χ4v) is 6.63. The Morgan fingerprint density at radius 3 is 2.53 bits per heavy atom. The molecule has 1 fully saturated rings. The number of fused-ring (bicyclic) bond motifs is 1. The maximum absolute atomic E-state index is 13.2. The highest BCUT2D eigenvalue weighted by Gasteiger charge is 2.27. The van der Waals surface area contributed by atoms with E-state index in [-0.39, 0.29) is 10.5 Å². The number of benzene rings is 2. The second kappa shape index (κ2) is 9.38. The Labute approximate surface area is 200 Å². The van der Waals surface area contributed by atoms with Gasteiger partial charge in [-0.3, -0.25) is 9.69 Å². The third-order valence-corrected chi connectivity index (χ3v) is 8.87. The zero-order chi connectivity index (χ0) is 23.7. The highest BCUT2D eigenvalue weighted by atomic mass is 32.2. The van der Waals surface area contributed by atoms with Crippen LogP contribution in [0.3, 0.4) is 0 Å². The van der Waals surface area contributed by atoms with Crippen molar-refractivity contribution in [2.75, 3.05) is 26.2 Å². The van der Waals surface area contributed by atoms with Crippen molar-refractivity contribution < 1.29 is 12.8 Å². The average molecular weight is 499 g/mol. The molecule has 0 saturated carbocycles. The molecule has 0 spiro atoms. The van der Waals surface area contributed by atoms with Crippen molar-refractivity contribution in [2.45, 2.75) is 17.9 Å². The van der Waals surface area contributed by atoms with Gasteiger partial charge in [0.15, 0.2) is 0 Å². The van der Waals surface area contributed by atoms with Gasteiger partial charge in [0.25, 0.3) is 5.56 Å². The van der Waals surface area contributed by atoms with Crippen LogP contribution in [0.2, 0.25) is 0 Å². The van der Waals surface area contributed by atoms with Crippen molar-refractivity contribution in [1.29, 1.82) is 0 Å². The molecule has 4 aromatic rings. The monoisotopic (exact) mass is 498 g/mol. The number of nitrogens with zero attached hydrogens (tertiary/aromatic N) is 3. The van der Waals surface area contributed by atoms with Crippen LogP contribution in [0.4, 0.5) is 4.39 Å². The van der Waals surface area contributed by atoms with Gasteiger partial charge in [0.05, 0.1) is 16.8 Å². The van der Waals surface area contributed by atoms with E-state index in [4.69, 9.17) is 0 Å². The lowest BCUT2D eigenvalue weighted by Crippen LogP contribution is -2.35. The average Bonchev–Trinajstić information content (AvgIpc) is 3.12. The molecule has 10 heteroatoms. The first-order valence-electron chi connectivity index (χ1n) is 11.0. The van der Waals surface area contributed by atoms with Gasteiger partial charge >= 0.3 is 0 Å². The number of halogens is 1. The molecule has 2 aromatic carbocycles. The number of aromatic nitrogens is 2. The minimum absolute atomic E-state index is 0.0886. The second-order valence-corrected chi connectivity index (χ2v) is 11.2. The molecule has 2 aromatic heterocycles. The standard InChI is InChI=1S/C24H23FN4O3S2/c25-18-7-9-19(10-8-18)34(31,32)29-12-4-11-28(13-14-29)16-22-26-23(30)20-15-21(33-24(20)27-22)17-5-2-1-3-6-17/h1-3,5-10,15H,4,11-14,16H2,(H,26,27,30). The van der Waals surface area contributed by atoms with Gasteiger partial charge in [0.2, 0.25) is 10.0 Å². The van der Waals surface area contributed by atoms with Crippen LogP contribution in [-0.2, 0) is 16.6 Å². The third-order valence-electron chi connectivity index (χ3n) is 5.88. The predicted molar refractivity (Wildman–Crippen MR) is 131 cm³/mol.